The summed E-state index contributed by atoms with van der Waals surface area (Å²) < 4.78 is 2.16. The van der Waals surface area contributed by atoms with Crippen LogP contribution in [0.1, 0.15) is 22.3 Å². The molecule has 0 fully saturated rings. The van der Waals surface area contributed by atoms with Crippen molar-refractivity contribution in [1.82, 2.24) is 4.57 Å². The van der Waals surface area contributed by atoms with Crippen LogP contribution in [-0.4, -0.2) is 4.57 Å². The van der Waals surface area contributed by atoms with E-state index in [1.807, 2.05) is 78.9 Å². The monoisotopic (exact) mass is 571 g/mol. The molecule has 7 rings (SSSR count). The van der Waals surface area contributed by atoms with Crippen molar-refractivity contribution >= 4 is 21.8 Å². The first-order chi connectivity index (χ1) is 22.2. The van der Waals surface area contributed by atoms with Crippen molar-refractivity contribution in [2.45, 2.75) is 0 Å². The quantitative estimate of drug-likeness (QED) is 0.210. The Kier molecular flexibility index (Phi) is 6.62. The molecule has 0 aliphatic heterocycles. The maximum Gasteiger partial charge on any atom is 0.0998 e. The molecule has 0 saturated carbocycles. The molecule has 0 N–H and O–H groups in total. The fourth-order valence-corrected chi connectivity index (χ4v) is 6.29. The predicted molar refractivity (Wildman–Crippen MR) is 176 cm³/mol. The van der Waals surface area contributed by atoms with Gasteiger partial charge >= 0.3 is 0 Å². The van der Waals surface area contributed by atoms with Crippen molar-refractivity contribution in [2.75, 3.05) is 0 Å². The largest absolute Gasteiger partial charge is 0.309 e. The number of rotatable bonds is 4. The predicted octanol–water partition coefficient (Wildman–Crippen LogP) is 9.27. The van der Waals surface area contributed by atoms with E-state index < -0.39 is 0 Å². The summed E-state index contributed by atoms with van der Waals surface area (Å²) in [6.07, 6.45) is 0. The Labute approximate surface area is 259 Å². The van der Waals surface area contributed by atoms with Gasteiger partial charge in [0, 0.05) is 33.2 Å². The van der Waals surface area contributed by atoms with E-state index in [2.05, 4.69) is 41.0 Å². The smallest absolute Gasteiger partial charge is 0.0998 e. The number of aromatic nitrogens is 1. The van der Waals surface area contributed by atoms with Crippen LogP contribution in [-0.2, 0) is 0 Å². The molecule has 1 aromatic heterocycles. The first kappa shape index (κ1) is 26.9. The Morgan fingerprint density at radius 3 is 1.56 bits per heavy atom. The van der Waals surface area contributed by atoms with E-state index in [9.17, 15) is 21.0 Å². The van der Waals surface area contributed by atoms with Gasteiger partial charge in [0.1, 0.15) is 0 Å². The lowest BCUT2D eigenvalue weighted by Crippen LogP contribution is -1.96. The minimum atomic E-state index is 0.414. The van der Waals surface area contributed by atoms with Crippen LogP contribution in [0.5, 0.6) is 0 Å². The zero-order valence-corrected chi connectivity index (χ0v) is 23.9. The molecule has 7 aromatic rings. The molecule has 5 heteroatoms. The maximum atomic E-state index is 10.3. The minimum absolute atomic E-state index is 0.414. The van der Waals surface area contributed by atoms with Crippen molar-refractivity contribution in [3.63, 3.8) is 0 Å². The van der Waals surface area contributed by atoms with Crippen LogP contribution in [0.15, 0.2) is 127 Å². The van der Waals surface area contributed by atoms with Crippen LogP contribution < -0.4 is 0 Å². The maximum absolute atomic E-state index is 10.3. The molecule has 45 heavy (non-hydrogen) atoms. The third kappa shape index (κ3) is 4.29. The van der Waals surface area contributed by atoms with Crippen molar-refractivity contribution in [2.24, 2.45) is 0 Å². The Hall–Kier alpha value is -6.92. The standard InChI is InChI=1S/C40H21N5/c41-22-28-11-7-12-29(23-42)37(28)27-17-18-34-36(21-27)45(32-15-5-2-6-16-32)35-20-19-33(26-9-3-1-4-10-26)40(39(34)35)38-30(24-43)13-8-14-31(38)25-44/h1-21H. The van der Waals surface area contributed by atoms with Gasteiger partial charge in [-0.25, -0.2) is 0 Å². The summed E-state index contributed by atoms with van der Waals surface area (Å²) in [5.74, 6) is 0. The van der Waals surface area contributed by atoms with Gasteiger partial charge in [-0.3, -0.25) is 0 Å². The molecule has 0 aliphatic carbocycles. The van der Waals surface area contributed by atoms with Crippen LogP contribution in [0.3, 0.4) is 0 Å². The molecule has 0 spiro atoms. The van der Waals surface area contributed by atoms with Gasteiger partial charge in [-0.1, -0.05) is 78.9 Å². The Balaban J connectivity index is 1.70. The lowest BCUT2D eigenvalue weighted by molar-refractivity contribution is 1.18. The van der Waals surface area contributed by atoms with Gasteiger partial charge in [-0.05, 0) is 65.2 Å². The summed E-state index contributed by atoms with van der Waals surface area (Å²) in [5.41, 5.74) is 8.94. The van der Waals surface area contributed by atoms with Gasteiger partial charge in [0.05, 0.1) is 57.6 Å². The van der Waals surface area contributed by atoms with Gasteiger partial charge in [0.15, 0.2) is 0 Å². The van der Waals surface area contributed by atoms with E-state index in [4.69, 9.17) is 0 Å². The van der Waals surface area contributed by atoms with E-state index in [-0.39, 0.29) is 0 Å². The first-order valence-corrected chi connectivity index (χ1v) is 14.3. The fourth-order valence-electron chi connectivity index (χ4n) is 6.29. The normalized spacial score (nSPS) is 10.6. The van der Waals surface area contributed by atoms with Crippen molar-refractivity contribution < 1.29 is 0 Å². The van der Waals surface area contributed by atoms with Crippen LogP contribution in [0, 0.1) is 45.3 Å². The summed E-state index contributed by atoms with van der Waals surface area (Å²) in [4.78, 5) is 0. The van der Waals surface area contributed by atoms with E-state index in [1.165, 1.54) is 0 Å². The average Bonchev–Trinajstić information content (AvgIpc) is 3.44. The zero-order valence-electron chi connectivity index (χ0n) is 23.9. The number of para-hydroxylation sites is 1. The molecule has 0 saturated heterocycles. The molecule has 6 aromatic carbocycles. The third-order valence-electron chi connectivity index (χ3n) is 8.18. The summed E-state index contributed by atoms with van der Waals surface area (Å²) in [5, 5.41) is 42.2. The molecule has 0 atom stereocenters. The second kappa shape index (κ2) is 11.1. The van der Waals surface area contributed by atoms with E-state index >= 15 is 0 Å². The minimum Gasteiger partial charge on any atom is -0.309 e. The lowest BCUT2D eigenvalue weighted by Gasteiger charge is -2.16. The number of hydrogen-bond donors (Lipinski definition) is 0. The molecular formula is C40H21N5. The second-order valence-corrected chi connectivity index (χ2v) is 10.6. The van der Waals surface area contributed by atoms with Gasteiger partial charge in [-0.15, -0.1) is 0 Å². The average molecular weight is 572 g/mol. The second-order valence-electron chi connectivity index (χ2n) is 10.6. The Morgan fingerprint density at radius 1 is 0.422 bits per heavy atom. The van der Waals surface area contributed by atoms with Crippen LogP contribution in [0.2, 0.25) is 0 Å². The van der Waals surface area contributed by atoms with Crippen molar-refractivity contribution in [3.05, 3.63) is 150 Å². The fraction of sp³-hybridized carbons (Fsp3) is 0. The molecule has 1 heterocycles. The highest BCUT2D eigenvalue weighted by atomic mass is 15.0. The molecule has 5 nitrogen and oxygen atoms in total. The molecular weight excluding hydrogens is 550 g/mol. The lowest BCUT2D eigenvalue weighted by atomic mass is 9.86. The molecule has 0 unspecified atom stereocenters. The van der Waals surface area contributed by atoms with E-state index in [0.29, 0.717) is 33.4 Å². The summed E-state index contributed by atoms with van der Waals surface area (Å²) in [6, 6.07) is 49.7. The number of nitrogens with zero attached hydrogens (tertiary/aromatic N) is 5. The van der Waals surface area contributed by atoms with Gasteiger partial charge in [-0.2, -0.15) is 21.0 Å². The summed E-state index contributed by atoms with van der Waals surface area (Å²) in [6.45, 7) is 0. The topological polar surface area (TPSA) is 100 Å². The number of fused-ring (bicyclic) bond motifs is 3. The number of benzene rings is 6. The van der Waals surface area contributed by atoms with Crippen molar-refractivity contribution in [3.8, 4) is 63.3 Å². The highest BCUT2D eigenvalue weighted by molar-refractivity contribution is 6.20. The first-order valence-electron chi connectivity index (χ1n) is 14.3. The summed E-state index contributed by atoms with van der Waals surface area (Å²) in [7, 11) is 0. The van der Waals surface area contributed by atoms with E-state index in [1.54, 1.807) is 36.4 Å². The highest BCUT2D eigenvalue weighted by Gasteiger charge is 2.24. The Morgan fingerprint density at radius 2 is 0.978 bits per heavy atom. The van der Waals surface area contributed by atoms with Crippen LogP contribution in [0.4, 0.5) is 0 Å². The summed E-state index contributed by atoms with van der Waals surface area (Å²) >= 11 is 0. The SMILES string of the molecule is N#Cc1cccc(C#N)c1-c1ccc2c3c(-c4c(C#N)cccc4C#N)c(-c4ccccc4)ccc3n(-c3ccccc3)c2c1. The van der Waals surface area contributed by atoms with Crippen molar-refractivity contribution in [1.29, 1.82) is 21.0 Å². The van der Waals surface area contributed by atoms with Gasteiger partial charge in [0.2, 0.25) is 0 Å². The molecule has 0 aliphatic rings. The zero-order chi connectivity index (χ0) is 30.9. The van der Waals surface area contributed by atoms with Crippen LogP contribution in [0.25, 0.3) is 60.9 Å². The van der Waals surface area contributed by atoms with E-state index in [0.717, 1.165) is 49.7 Å². The van der Waals surface area contributed by atoms with Gasteiger partial charge in [0.25, 0.3) is 0 Å². The molecule has 0 radical (unpaired) electrons. The number of nitriles is 4. The molecule has 0 bridgehead atoms. The molecule has 206 valence electrons. The third-order valence-corrected chi connectivity index (χ3v) is 8.18. The number of hydrogen-bond acceptors (Lipinski definition) is 4. The van der Waals surface area contributed by atoms with Gasteiger partial charge < -0.3 is 4.57 Å². The Bertz CT molecular complexity index is 2400. The van der Waals surface area contributed by atoms with Crippen LogP contribution >= 0.6 is 0 Å². The molecule has 0 amide bonds. The highest BCUT2D eigenvalue weighted by Crippen LogP contribution is 2.46.